The summed E-state index contributed by atoms with van der Waals surface area (Å²) >= 11 is 5.04. The molecule has 0 bridgehead atoms. The maximum atomic E-state index is 11.9. The van der Waals surface area contributed by atoms with Crippen LogP contribution in [0.2, 0.25) is 0 Å². The fourth-order valence-corrected chi connectivity index (χ4v) is 3.39. The summed E-state index contributed by atoms with van der Waals surface area (Å²) in [6.45, 7) is 0. The minimum Gasteiger partial charge on any atom is -0.457 e. The van der Waals surface area contributed by atoms with E-state index in [1.54, 1.807) is 18.0 Å². The summed E-state index contributed by atoms with van der Waals surface area (Å²) < 4.78 is 5.81. The molecule has 82 valence electrons. The lowest BCUT2D eigenvalue weighted by molar-refractivity contribution is -0.118. The lowest BCUT2D eigenvalue weighted by Crippen LogP contribution is -2.22. The van der Waals surface area contributed by atoms with E-state index in [-0.39, 0.29) is 5.25 Å². The van der Waals surface area contributed by atoms with Gasteiger partial charge in [0.1, 0.15) is 5.78 Å². The van der Waals surface area contributed by atoms with Crippen molar-refractivity contribution in [3.8, 4) is 0 Å². The smallest absolute Gasteiger partial charge is 0.169 e. The van der Waals surface area contributed by atoms with Gasteiger partial charge in [0.05, 0.1) is 11.5 Å². The van der Waals surface area contributed by atoms with Crippen LogP contribution in [0, 0.1) is 0 Å². The molecule has 1 aromatic rings. The zero-order valence-electron chi connectivity index (χ0n) is 8.37. The van der Waals surface area contributed by atoms with Crippen molar-refractivity contribution in [1.29, 1.82) is 0 Å². The van der Waals surface area contributed by atoms with Crippen LogP contribution in [0.15, 0.2) is 21.4 Å². The topological polar surface area (TPSA) is 30.2 Å². The van der Waals surface area contributed by atoms with Crippen molar-refractivity contribution in [2.75, 3.05) is 5.75 Å². The van der Waals surface area contributed by atoms with Crippen LogP contribution in [0.1, 0.15) is 24.8 Å². The molecule has 1 aromatic heterocycles. The van der Waals surface area contributed by atoms with E-state index in [0.29, 0.717) is 16.9 Å². The summed E-state index contributed by atoms with van der Waals surface area (Å²) in [4.78, 5) is 11.9. The van der Waals surface area contributed by atoms with Crippen LogP contribution in [0.4, 0.5) is 0 Å². The van der Waals surface area contributed by atoms with Gasteiger partial charge in [-0.1, -0.05) is 6.42 Å². The van der Waals surface area contributed by atoms with Crippen LogP contribution in [0.3, 0.4) is 0 Å². The number of Topliss-reactive ketones (excluding diaryl/α,β-unsaturated/α-hetero) is 1. The largest absolute Gasteiger partial charge is 0.457 e. The summed E-state index contributed by atoms with van der Waals surface area (Å²) in [7, 11) is 0. The van der Waals surface area contributed by atoms with Gasteiger partial charge in [-0.05, 0) is 46.2 Å². The SMILES string of the molecule is O=C(Cc1coc(Br)c1)C1CCCCS1. The molecule has 0 aliphatic carbocycles. The van der Waals surface area contributed by atoms with Crippen molar-refractivity contribution in [2.45, 2.75) is 30.9 Å². The molecule has 1 unspecified atom stereocenters. The first kappa shape index (κ1) is 11.3. The van der Waals surface area contributed by atoms with Crippen molar-refractivity contribution in [2.24, 2.45) is 0 Å². The van der Waals surface area contributed by atoms with Gasteiger partial charge in [-0.3, -0.25) is 4.79 Å². The molecule has 1 aliphatic heterocycles. The van der Waals surface area contributed by atoms with E-state index in [2.05, 4.69) is 15.9 Å². The third-order valence-corrected chi connectivity index (χ3v) is 4.38. The average Bonchev–Trinajstić information content (AvgIpc) is 2.65. The molecular formula is C11H13BrO2S. The van der Waals surface area contributed by atoms with Gasteiger partial charge in [-0.15, -0.1) is 0 Å². The number of hydrogen-bond donors (Lipinski definition) is 0. The molecule has 2 nitrogen and oxygen atoms in total. The second-order valence-corrected chi connectivity index (χ2v) is 5.85. The van der Waals surface area contributed by atoms with Gasteiger partial charge in [-0.2, -0.15) is 11.8 Å². The Kier molecular flexibility index (Phi) is 3.92. The number of halogens is 1. The van der Waals surface area contributed by atoms with Gasteiger partial charge >= 0.3 is 0 Å². The second-order valence-electron chi connectivity index (χ2n) is 3.76. The number of ketones is 1. The van der Waals surface area contributed by atoms with E-state index >= 15 is 0 Å². The Hall–Kier alpha value is -0.220. The predicted molar refractivity (Wildman–Crippen MR) is 65.2 cm³/mol. The number of thioether (sulfide) groups is 1. The fraction of sp³-hybridized carbons (Fsp3) is 0.545. The average molecular weight is 289 g/mol. The van der Waals surface area contributed by atoms with E-state index in [0.717, 1.165) is 17.7 Å². The minimum atomic E-state index is 0.215. The molecule has 0 amide bonds. The number of rotatable bonds is 3. The van der Waals surface area contributed by atoms with Crippen LogP contribution >= 0.6 is 27.7 Å². The molecule has 1 atom stereocenters. The van der Waals surface area contributed by atoms with Crippen LogP contribution in [-0.2, 0) is 11.2 Å². The van der Waals surface area contributed by atoms with Crippen molar-refractivity contribution in [1.82, 2.24) is 0 Å². The molecule has 0 N–H and O–H groups in total. The van der Waals surface area contributed by atoms with Crippen molar-refractivity contribution in [3.05, 3.63) is 22.6 Å². The summed E-state index contributed by atoms with van der Waals surface area (Å²) in [5, 5.41) is 0.215. The summed E-state index contributed by atoms with van der Waals surface area (Å²) in [5.41, 5.74) is 0.970. The molecule has 1 fully saturated rings. The van der Waals surface area contributed by atoms with Crippen molar-refractivity contribution in [3.63, 3.8) is 0 Å². The van der Waals surface area contributed by atoms with Gasteiger partial charge < -0.3 is 4.42 Å². The molecule has 0 aromatic carbocycles. The molecule has 0 saturated carbocycles. The van der Waals surface area contributed by atoms with E-state index in [1.807, 2.05) is 6.07 Å². The van der Waals surface area contributed by atoms with E-state index < -0.39 is 0 Å². The quantitative estimate of drug-likeness (QED) is 0.854. The highest BCUT2D eigenvalue weighted by molar-refractivity contribution is 9.10. The van der Waals surface area contributed by atoms with Gasteiger partial charge in [0, 0.05) is 6.42 Å². The Morgan fingerprint density at radius 2 is 2.47 bits per heavy atom. The Bertz CT molecular complexity index is 342. The maximum absolute atomic E-state index is 11.9. The Morgan fingerprint density at radius 1 is 1.60 bits per heavy atom. The first-order valence-corrected chi connectivity index (χ1v) is 6.97. The van der Waals surface area contributed by atoms with Gasteiger partial charge in [0.25, 0.3) is 0 Å². The zero-order valence-corrected chi connectivity index (χ0v) is 10.8. The van der Waals surface area contributed by atoms with Gasteiger partial charge in [0.2, 0.25) is 0 Å². The van der Waals surface area contributed by atoms with Crippen molar-refractivity contribution < 1.29 is 9.21 Å². The van der Waals surface area contributed by atoms with Crippen LogP contribution in [0.5, 0.6) is 0 Å². The molecule has 2 heterocycles. The molecule has 1 saturated heterocycles. The Morgan fingerprint density at radius 3 is 3.07 bits per heavy atom. The van der Waals surface area contributed by atoms with E-state index in [4.69, 9.17) is 4.42 Å². The standard InChI is InChI=1S/C11H13BrO2S/c12-11-6-8(7-14-11)5-9(13)10-3-1-2-4-15-10/h6-7,10H,1-5H2. The maximum Gasteiger partial charge on any atom is 0.169 e. The second kappa shape index (κ2) is 5.21. The molecule has 4 heteroatoms. The normalized spacial score (nSPS) is 21.5. The molecule has 15 heavy (non-hydrogen) atoms. The number of carbonyl (C=O) groups excluding carboxylic acids is 1. The predicted octanol–water partition coefficient (Wildman–Crippen LogP) is 3.44. The Labute approximate surface area is 102 Å². The molecule has 1 aliphatic rings. The zero-order chi connectivity index (χ0) is 10.7. The monoisotopic (exact) mass is 288 g/mol. The molecular weight excluding hydrogens is 276 g/mol. The highest BCUT2D eigenvalue weighted by Crippen LogP contribution is 2.27. The highest BCUT2D eigenvalue weighted by Gasteiger charge is 2.21. The van der Waals surface area contributed by atoms with E-state index in [9.17, 15) is 4.79 Å². The van der Waals surface area contributed by atoms with Crippen LogP contribution < -0.4 is 0 Å². The molecule has 2 rings (SSSR count). The highest BCUT2D eigenvalue weighted by atomic mass is 79.9. The number of furan rings is 1. The van der Waals surface area contributed by atoms with Gasteiger partial charge in [-0.25, -0.2) is 0 Å². The first-order chi connectivity index (χ1) is 7.25. The van der Waals surface area contributed by atoms with Crippen molar-refractivity contribution >= 4 is 33.5 Å². The lowest BCUT2D eigenvalue weighted by atomic mass is 10.1. The van der Waals surface area contributed by atoms with Crippen LogP contribution in [-0.4, -0.2) is 16.8 Å². The molecule has 0 radical (unpaired) electrons. The third-order valence-electron chi connectivity index (χ3n) is 2.54. The van der Waals surface area contributed by atoms with Crippen LogP contribution in [0.25, 0.3) is 0 Å². The summed E-state index contributed by atoms with van der Waals surface area (Å²) in [6, 6.07) is 1.87. The third kappa shape index (κ3) is 3.11. The molecule has 0 spiro atoms. The van der Waals surface area contributed by atoms with Gasteiger partial charge in [0.15, 0.2) is 4.67 Å². The lowest BCUT2D eigenvalue weighted by Gasteiger charge is -2.19. The fourth-order valence-electron chi connectivity index (χ4n) is 1.75. The summed E-state index contributed by atoms with van der Waals surface area (Å²) in [6.07, 6.45) is 5.65. The summed E-state index contributed by atoms with van der Waals surface area (Å²) in [5.74, 6) is 1.47. The number of carbonyl (C=O) groups is 1. The minimum absolute atomic E-state index is 0.215. The first-order valence-electron chi connectivity index (χ1n) is 5.13. The number of hydrogen-bond acceptors (Lipinski definition) is 3. The van der Waals surface area contributed by atoms with E-state index in [1.165, 1.54) is 12.8 Å². The Balaban J connectivity index is 1.91.